The Labute approximate surface area is 184 Å². The highest BCUT2D eigenvalue weighted by Crippen LogP contribution is 2.22. The number of hydrogen-bond acceptors (Lipinski definition) is 7. The lowest BCUT2D eigenvalue weighted by Crippen LogP contribution is -2.37. The molecule has 0 saturated carbocycles. The van der Waals surface area contributed by atoms with E-state index in [9.17, 15) is 13.2 Å². The van der Waals surface area contributed by atoms with Crippen molar-refractivity contribution in [2.75, 3.05) is 44.3 Å². The number of ether oxygens (including phenoxy) is 1. The van der Waals surface area contributed by atoms with Crippen LogP contribution in [0.5, 0.6) is 0 Å². The van der Waals surface area contributed by atoms with Gasteiger partial charge in [0.1, 0.15) is 0 Å². The Morgan fingerprint density at radius 1 is 1.16 bits per heavy atom. The molecule has 0 unspecified atom stereocenters. The third kappa shape index (κ3) is 6.60. The van der Waals surface area contributed by atoms with Gasteiger partial charge in [0.15, 0.2) is 0 Å². The van der Waals surface area contributed by atoms with Crippen LogP contribution >= 0.6 is 0 Å². The van der Waals surface area contributed by atoms with E-state index in [0.29, 0.717) is 0 Å². The van der Waals surface area contributed by atoms with Gasteiger partial charge in [-0.1, -0.05) is 6.07 Å². The van der Waals surface area contributed by atoms with Crippen molar-refractivity contribution < 1.29 is 27.8 Å². The van der Waals surface area contributed by atoms with Gasteiger partial charge in [0.25, 0.3) is 0 Å². The molecule has 4 rings (SSSR count). The summed E-state index contributed by atoms with van der Waals surface area (Å²) in [5.74, 6) is -1.88. The molecule has 0 amide bonds. The minimum Gasteiger partial charge on any atom is -0.475 e. The summed E-state index contributed by atoms with van der Waals surface area (Å²) in [6.07, 6.45) is 0.703. The Balaban J connectivity index is 0.000000360. The summed E-state index contributed by atoms with van der Waals surface area (Å²) in [4.78, 5) is 27.6. The van der Waals surface area contributed by atoms with Crippen LogP contribution in [-0.2, 0) is 28.9 Å². The van der Waals surface area contributed by atoms with Crippen LogP contribution in [0.1, 0.15) is 22.5 Å². The number of carboxylic acids is 1. The van der Waals surface area contributed by atoms with E-state index in [2.05, 4.69) is 27.8 Å². The van der Waals surface area contributed by atoms with Gasteiger partial charge in [-0.3, -0.25) is 9.88 Å². The van der Waals surface area contributed by atoms with Crippen molar-refractivity contribution >= 4 is 11.9 Å². The van der Waals surface area contributed by atoms with Crippen molar-refractivity contribution in [3.8, 4) is 0 Å². The molecule has 2 aromatic heterocycles. The molecule has 1 saturated heterocycles. The fourth-order valence-electron chi connectivity index (χ4n) is 3.63. The number of aromatic nitrogens is 3. The molecule has 2 aliphatic heterocycles. The molecule has 1 N–H and O–H groups in total. The number of aliphatic carboxylic acids is 1. The SMILES string of the molecule is Cc1nc(N2CCOCC2)nc2c1CCN(Cc1cccnc1)CC2.O=C(O)C(F)(F)F. The van der Waals surface area contributed by atoms with Crippen LogP contribution in [0.3, 0.4) is 0 Å². The second-order valence-corrected chi connectivity index (χ2v) is 7.57. The number of alkyl halides is 3. The lowest BCUT2D eigenvalue weighted by molar-refractivity contribution is -0.192. The Kier molecular flexibility index (Phi) is 7.97. The topological polar surface area (TPSA) is 91.7 Å². The predicted molar refractivity (Wildman–Crippen MR) is 110 cm³/mol. The number of halogens is 3. The number of aryl methyl sites for hydroxylation is 1. The first-order valence-electron chi connectivity index (χ1n) is 10.3. The maximum Gasteiger partial charge on any atom is 0.490 e. The molecule has 174 valence electrons. The van der Waals surface area contributed by atoms with Gasteiger partial charge in [-0.05, 0) is 30.5 Å². The molecule has 0 spiro atoms. The molecule has 4 heterocycles. The van der Waals surface area contributed by atoms with Gasteiger partial charge >= 0.3 is 12.1 Å². The lowest BCUT2D eigenvalue weighted by atomic mass is 10.1. The number of carboxylic acid groups (broad SMARTS) is 1. The standard InChI is InChI=1S/C19H25N5O.C2HF3O2/c1-15-17-4-7-23(14-16-3-2-6-20-13-16)8-5-18(17)22-19(21-15)24-9-11-25-12-10-24;3-2(4,5)1(6)7/h2-3,6,13H,4-5,7-12,14H2,1H3;(H,6,7). The second-order valence-electron chi connectivity index (χ2n) is 7.57. The lowest BCUT2D eigenvalue weighted by Gasteiger charge is -2.27. The highest BCUT2D eigenvalue weighted by molar-refractivity contribution is 5.73. The molecule has 0 bridgehead atoms. The summed E-state index contributed by atoms with van der Waals surface area (Å²) in [7, 11) is 0. The van der Waals surface area contributed by atoms with Crippen LogP contribution in [0.2, 0.25) is 0 Å². The summed E-state index contributed by atoms with van der Waals surface area (Å²) in [6, 6.07) is 4.15. The van der Waals surface area contributed by atoms with E-state index in [0.717, 1.165) is 70.4 Å². The fraction of sp³-hybridized carbons (Fsp3) is 0.524. The molecular formula is C21H26F3N5O3. The quantitative estimate of drug-likeness (QED) is 0.757. The maximum absolute atomic E-state index is 10.6. The zero-order valence-corrected chi connectivity index (χ0v) is 17.8. The Hall–Kier alpha value is -2.79. The number of anilines is 1. The number of carbonyl (C=O) groups is 1. The first kappa shape index (κ1) is 23.9. The van der Waals surface area contributed by atoms with Crippen molar-refractivity contribution in [1.29, 1.82) is 0 Å². The van der Waals surface area contributed by atoms with Gasteiger partial charge in [0.2, 0.25) is 5.95 Å². The minimum absolute atomic E-state index is 0.762. The zero-order valence-electron chi connectivity index (χ0n) is 17.8. The van der Waals surface area contributed by atoms with E-state index < -0.39 is 12.1 Å². The fourth-order valence-corrected chi connectivity index (χ4v) is 3.63. The molecule has 2 aliphatic rings. The average Bonchev–Trinajstić information content (AvgIpc) is 2.98. The van der Waals surface area contributed by atoms with Crippen LogP contribution < -0.4 is 4.90 Å². The summed E-state index contributed by atoms with van der Waals surface area (Å²) < 4.78 is 37.2. The zero-order chi connectivity index (χ0) is 23.1. The molecule has 2 aromatic rings. The monoisotopic (exact) mass is 453 g/mol. The average molecular weight is 453 g/mol. The van der Waals surface area contributed by atoms with Gasteiger partial charge in [-0.2, -0.15) is 13.2 Å². The van der Waals surface area contributed by atoms with Gasteiger partial charge in [0.05, 0.1) is 18.9 Å². The number of morpholine rings is 1. The van der Waals surface area contributed by atoms with E-state index in [1.54, 1.807) is 0 Å². The van der Waals surface area contributed by atoms with E-state index in [1.807, 2.05) is 18.5 Å². The Bertz CT molecular complexity index is 906. The predicted octanol–water partition coefficient (Wildman–Crippen LogP) is 2.25. The highest BCUT2D eigenvalue weighted by Gasteiger charge is 2.38. The van der Waals surface area contributed by atoms with Crippen molar-refractivity contribution in [2.24, 2.45) is 0 Å². The van der Waals surface area contributed by atoms with E-state index >= 15 is 0 Å². The molecular weight excluding hydrogens is 427 g/mol. The van der Waals surface area contributed by atoms with E-state index in [4.69, 9.17) is 24.6 Å². The van der Waals surface area contributed by atoms with E-state index in [-0.39, 0.29) is 0 Å². The van der Waals surface area contributed by atoms with Crippen molar-refractivity contribution in [3.63, 3.8) is 0 Å². The van der Waals surface area contributed by atoms with Crippen LogP contribution in [0.15, 0.2) is 24.5 Å². The second kappa shape index (κ2) is 10.7. The van der Waals surface area contributed by atoms with Crippen LogP contribution in [0.25, 0.3) is 0 Å². The summed E-state index contributed by atoms with van der Waals surface area (Å²) >= 11 is 0. The highest BCUT2D eigenvalue weighted by atomic mass is 19.4. The van der Waals surface area contributed by atoms with Gasteiger partial charge in [-0.25, -0.2) is 14.8 Å². The van der Waals surface area contributed by atoms with E-state index in [1.165, 1.54) is 16.8 Å². The molecule has 8 nitrogen and oxygen atoms in total. The van der Waals surface area contributed by atoms with Crippen LogP contribution in [0.4, 0.5) is 19.1 Å². The molecule has 0 aromatic carbocycles. The van der Waals surface area contributed by atoms with Gasteiger partial charge in [-0.15, -0.1) is 0 Å². The first-order chi connectivity index (χ1) is 15.2. The molecule has 0 radical (unpaired) electrons. The van der Waals surface area contributed by atoms with Crippen molar-refractivity contribution in [3.05, 3.63) is 47.0 Å². The smallest absolute Gasteiger partial charge is 0.475 e. The Morgan fingerprint density at radius 3 is 2.47 bits per heavy atom. The molecule has 0 aliphatic carbocycles. The van der Waals surface area contributed by atoms with Crippen LogP contribution in [-0.4, -0.2) is 76.5 Å². The summed E-state index contributed by atoms with van der Waals surface area (Å²) in [5, 5.41) is 7.12. The van der Waals surface area contributed by atoms with Crippen molar-refractivity contribution in [1.82, 2.24) is 19.9 Å². The molecule has 0 atom stereocenters. The van der Waals surface area contributed by atoms with Crippen LogP contribution in [0, 0.1) is 6.92 Å². The number of rotatable bonds is 3. The van der Waals surface area contributed by atoms with Gasteiger partial charge in [0, 0.05) is 57.2 Å². The number of nitrogens with zero attached hydrogens (tertiary/aromatic N) is 5. The molecule has 32 heavy (non-hydrogen) atoms. The Morgan fingerprint density at radius 2 is 1.84 bits per heavy atom. The minimum atomic E-state index is -5.08. The largest absolute Gasteiger partial charge is 0.490 e. The third-order valence-corrected chi connectivity index (χ3v) is 5.30. The number of hydrogen-bond donors (Lipinski definition) is 1. The maximum atomic E-state index is 10.6. The summed E-state index contributed by atoms with van der Waals surface area (Å²) in [6.45, 7) is 8.43. The van der Waals surface area contributed by atoms with Crippen molar-refractivity contribution in [2.45, 2.75) is 32.5 Å². The molecule has 1 fully saturated rings. The third-order valence-electron chi connectivity index (χ3n) is 5.30. The number of fused-ring (bicyclic) bond motifs is 1. The molecule has 11 heteroatoms. The normalized spacial score (nSPS) is 17.1. The number of pyridine rings is 1. The summed E-state index contributed by atoms with van der Waals surface area (Å²) in [5.41, 5.74) is 4.97. The first-order valence-corrected chi connectivity index (χ1v) is 10.3. The van der Waals surface area contributed by atoms with Gasteiger partial charge < -0.3 is 14.7 Å².